The molecular formula is C20H18ClN3O3S. The van der Waals surface area contributed by atoms with Gasteiger partial charge < -0.3 is 4.57 Å². The summed E-state index contributed by atoms with van der Waals surface area (Å²) in [6.45, 7) is 6.67. The molecule has 3 rings (SSSR count). The third-order valence-electron chi connectivity index (χ3n) is 4.31. The van der Waals surface area contributed by atoms with Crippen LogP contribution < -0.4 is 4.80 Å². The van der Waals surface area contributed by atoms with Crippen molar-refractivity contribution in [2.24, 2.45) is 4.99 Å². The number of rotatable bonds is 4. The Bertz CT molecular complexity index is 1130. The van der Waals surface area contributed by atoms with Gasteiger partial charge in [0.25, 0.3) is 11.6 Å². The van der Waals surface area contributed by atoms with Crippen LogP contribution in [0.15, 0.2) is 47.5 Å². The number of aromatic nitrogens is 1. The molecule has 0 aliphatic rings. The minimum absolute atomic E-state index is 0.0121. The van der Waals surface area contributed by atoms with Crippen molar-refractivity contribution in [1.29, 1.82) is 0 Å². The lowest BCUT2D eigenvalue weighted by atomic mass is 10.1. The molecule has 0 N–H and O–H groups in total. The fourth-order valence-corrected chi connectivity index (χ4v) is 4.22. The first-order chi connectivity index (χ1) is 13.3. The van der Waals surface area contributed by atoms with Gasteiger partial charge in [-0.2, -0.15) is 4.99 Å². The predicted molar refractivity (Wildman–Crippen MR) is 111 cm³/mol. The zero-order valence-corrected chi connectivity index (χ0v) is 17.2. The number of carbonyl (C=O) groups excluding carboxylic acids is 1. The summed E-state index contributed by atoms with van der Waals surface area (Å²) in [6.07, 6.45) is 0. The van der Waals surface area contributed by atoms with Gasteiger partial charge in [0.1, 0.15) is 0 Å². The van der Waals surface area contributed by atoms with E-state index in [4.69, 9.17) is 11.6 Å². The van der Waals surface area contributed by atoms with E-state index in [1.807, 2.05) is 37.5 Å². The van der Waals surface area contributed by atoms with Gasteiger partial charge >= 0.3 is 0 Å². The molecule has 1 heterocycles. The molecule has 6 nitrogen and oxygen atoms in total. The summed E-state index contributed by atoms with van der Waals surface area (Å²) in [4.78, 5) is 28.8. The first kappa shape index (κ1) is 20.0. The van der Waals surface area contributed by atoms with Crippen LogP contribution in [0.1, 0.15) is 27.7 Å². The van der Waals surface area contributed by atoms with Crippen molar-refractivity contribution >= 4 is 34.5 Å². The Labute approximate surface area is 170 Å². The molecule has 0 unspecified atom stereocenters. The number of halogens is 1. The van der Waals surface area contributed by atoms with E-state index in [-0.39, 0.29) is 16.3 Å². The van der Waals surface area contributed by atoms with Crippen molar-refractivity contribution in [2.75, 3.05) is 0 Å². The number of hydrogen-bond donors (Lipinski definition) is 0. The molecule has 8 heteroatoms. The largest absolute Gasteiger partial charge is 0.316 e. The van der Waals surface area contributed by atoms with Crippen LogP contribution in [0.5, 0.6) is 0 Å². The lowest BCUT2D eigenvalue weighted by molar-refractivity contribution is -0.384. The first-order valence-electron chi connectivity index (χ1n) is 8.62. The van der Waals surface area contributed by atoms with Gasteiger partial charge in [-0.15, -0.1) is 11.3 Å². The highest BCUT2D eigenvalue weighted by Gasteiger charge is 2.16. The van der Waals surface area contributed by atoms with Crippen molar-refractivity contribution in [3.63, 3.8) is 0 Å². The topological polar surface area (TPSA) is 77.5 Å². The van der Waals surface area contributed by atoms with Crippen molar-refractivity contribution in [3.8, 4) is 11.3 Å². The van der Waals surface area contributed by atoms with Crippen LogP contribution in [-0.2, 0) is 6.54 Å². The third-order valence-corrected chi connectivity index (χ3v) is 5.62. The molecule has 0 aliphatic heterocycles. The van der Waals surface area contributed by atoms with E-state index in [0.717, 1.165) is 22.2 Å². The third kappa shape index (κ3) is 3.90. The second-order valence-corrected chi connectivity index (χ2v) is 7.83. The molecule has 0 saturated carbocycles. The van der Waals surface area contributed by atoms with Gasteiger partial charge in [0.15, 0.2) is 4.80 Å². The van der Waals surface area contributed by atoms with Gasteiger partial charge in [-0.25, -0.2) is 0 Å². The highest BCUT2D eigenvalue weighted by Crippen LogP contribution is 2.26. The molecule has 0 radical (unpaired) electrons. The Morgan fingerprint density at radius 2 is 1.89 bits per heavy atom. The van der Waals surface area contributed by atoms with Crippen LogP contribution in [-0.4, -0.2) is 15.4 Å². The molecule has 2 aromatic carbocycles. The maximum Gasteiger partial charge on any atom is 0.281 e. The minimum atomic E-state index is -0.557. The Morgan fingerprint density at radius 3 is 2.46 bits per heavy atom. The average molecular weight is 416 g/mol. The molecule has 144 valence electrons. The van der Waals surface area contributed by atoms with Gasteiger partial charge in [0, 0.05) is 23.6 Å². The fraction of sp³-hybridized carbons (Fsp3) is 0.200. The Hall–Kier alpha value is -2.77. The number of amides is 1. The zero-order valence-electron chi connectivity index (χ0n) is 15.6. The number of nitro groups is 1. The monoisotopic (exact) mass is 415 g/mol. The summed E-state index contributed by atoms with van der Waals surface area (Å²) in [5.74, 6) is -0.529. The normalized spacial score (nSPS) is 11.6. The number of non-ortho nitro benzene ring substituents is 1. The standard InChI is InChI=1S/C20H18ClN3O3S/c1-4-23-18(14-7-5-12(2)6-8-14)13(3)28-20(23)22-19(25)16-10-9-15(24(26)27)11-17(16)21/h5-11H,4H2,1-3H3. The van der Waals surface area contributed by atoms with E-state index in [2.05, 4.69) is 17.1 Å². The van der Waals surface area contributed by atoms with Crippen LogP contribution in [0, 0.1) is 24.0 Å². The molecule has 1 aromatic heterocycles. The first-order valence-corrected chi connectivity index (χ1v) is 9.81. The number of benzene rings is 2. The average Bonchev–Trinajstić information content (AvgIpc) is 2.96. The quantitative estimate of drug-likeness (QED) is 0.436. The van der Waals surface area contributed by atoms with E-state index in [1.165, 1.54) is 29.0 Å². The van der Waals surface area contributed by atoms with Crippen LogP contribution in [0.4, 0.5) is 5.69 Å². The molecule has 0 saturated heterocycles. The van der Waals surface area contributed by atoms with Gasteiger partial charge in [-0.3, -0.25) is 14.9 Å². The summed E-state index contributed by atoms with van der Waals surface area (Å²) in [5, 5.41) is 10.9. The van der Waals surface area contributed by atoms with Gasteiger partial charge in [-0.05, 0) is 32.4 Å². The molecular weight excluding hydrogens is 398 g/mol. The van der Waals surface area contributed by atoms with Gasteiger partial charge in [0.2, 0.25) is 0 Å². The fourth-order valence-electron chi connectivity index (χ4n) is 2.91. The number of aryl methyl sites for hydroxylation is 2. The van der Waals surface area contributed by atoms with E-state index in [9.17, 15) is 14.9 Å². The van der Waals surface area contributed by atoms with Gasteiger partial charge in [0.05, 0.1) is 21.2 Å². The van der Waals surface area contributed by atoms with E-state index < -0.39 is 10.8 Å². The van der Waals surface area contributed by atoms with Crippen LogP contribution in [0.3, 0.4) is 0 Å². The Kier molecular flexibility index (Phi) is 5.76. The van der Waals surface area contributed by atoms with E-state index in [1.54, 1.807) is 0 Å². The van der Waals surface area contributed by atoms with E-state index >= 15 is 0 Å². The van der Waals surface area contributed by atoms with Crippen molar-refractivity contribution < 1.29 is 9.72 Å². The van der Waals surface area contributed by atoms with Crippen LogP contribution in [0.25, 0.3) is 11.3 Å². The highest BCUT2D eigenvalue weighted by atomic mass is 35.5. The Morgan fingerprint density at radius 1 is 1.21 bits per heavy atom. The predicted octanol–water partition coefficient (Wildman–Crippen LogP) is 5.16. The second kappa shape index (κ2) is 8.08. The van der Waals surface area contributed by atoms with E-state index in [0.29, 0.717) is 11.3 Å². The number of thiazole rings is 1. The van der Waals surface area contributed by atoms with Crippen molar-refractivity contribution in [3.05, 3.63) is 78.4 Å². The molecule has 3 aromatic rings. The number of nitrogens with zero attached hydrogens (tertiary/aromatic N) is 3. The number of hydrogen-bond acceptors (Lipinski definition) is 4. The molecule has 0 fully saturated rings. The maximum atomic E-state index is 12.7. The zero-order chi connectivity index (χ0) is 20.4. The minimum Gasteiger partial charge on any atom is -0.316 e. The smallest absolute Gasteiger partial charge is 0.281 e. The summed E-state index contributed by atoms with van der Waals surface area (Å²) in [7, 11) is 0. The highest BCUT2D eigenvalue weighted by molar-refractivity contribution is 7.09. The molecule has 0 aliphatic carbocycles. The SMILES string of the molecule is CCn1c(-c2ccc(C)cc2)c(C)sc1=NC(=O)c1ccc([N+](=O)[O-])cc1Cl. The molecule has 0 atom stereocenters. The molecule has 0 spiro atoms. The van der Waals surface area contributed by atoms with Crippen molar-refractivity contribution in [2.45, 2.75) is 27.3 Å². The second-order valence-electron chi connectivity index (χ2n) is 6.24. The lowest BCUT2D eigenvalue weighted by Gasteiger charge is -2.08. The molecule has 28 heavy (non-hydrogen) atoms. The molecule has 0 bridgehead atoms. The Balaban J connectivity index is 2.07. The summed E-state index contributed by atoms with van der Waals surface area (Å²) in [6, 6.07) is 11.9. The van der Waals surface area contributed by atoms with Crippen molar-refractivity contribution in [1.82, 2.24) is 4.57 Å². The molecule has 1 amide bonds. The number of nitro benzene ring substituents is 1. The van der Waals surface area contributed by atoms with Crippen LogP contribution in [0.2, 0.25) is 5.02 Å². The summed E-state index contributed by atoms with van der Waals surface area (Å²) < 4.78 is 1.99. The van der Waals surface area contributed by atoms with Gasteiger partial charge in [-0.1, -0.05) is 41.4 Å². The summed E-state index contributed by atoms with van der Waals surface area (Å²) in [5.41, 5.74) is 3.22. The lowest BCUT2D eigenvalue weighted by Crippen LogP contribution is -2.17. The summed E-state index contributed by atoms with van der Waals surface area (Å²) >= 11 is 7.49. The van der Waals surface area contributed by atoms with Crippen LogP contribution >= 0.6 is 22.9 Å². The number of carbonyl (C=O) groups is 1. The maximum absolute atomic E-state index is 12.7.